The zero-order valence-electron chi connectivity index (χ0n) is 31.5. The first-order valence-corrected chi connectivity index (χ1v) is 20.9. The van der Waals surface area contributed by atoms with Crippen LogP contribution < -0.4 is 0 Å². The number of hydrogen-bond acceptors (Lipinski definition) is 8. The van der Waals surface area contributed by atoms with Crippen molar-refractivity contribution in [2.45, 2.75) is 0 Å². The Kier molecular flexibility index (Phi) is 7.62. The van der Waals surface area contributed by atoms with E-state index in [9.17, 15) is 0 Å². The lowest BCUT2D eigenvalue weighted by Gasteiger charge is -2.12. The molecular formula is C49H30N8S2. The monoisotopic (exact) mass is 794 g/mol. The topological polar surface area (TPSA) is 87.2 Å². The fourth-order valence-electron chi connectivity index (χ4n) is 8.04. The van der Waals surface area contributed by atoms with Crippen LogP contribution in [0.5, 0.6) is 0 Å². The van der Waals surface area contributed by atoms with E-state index in [1.165, 1.54) is 0 Å². The van der Waals surface area contributed by atoms with Crippen molar-refractivity contribution >= 4 is 75.9 Å². The molecule has 0 unspecified atom stereocenters. The Morgan fingerprint density at radius 3 is 1.56 bits per heavy atom. The van der Waals surface area contributed by atoms with E-state index < -0.39 is 0 Å². The van der Waals surface area contributed by atoms with Crippen LogP contribution in [0.3, 0.4) is 0 Å². The molecule has 8 nitrogen and oxygen atoms in total. The molecule has 278 valence electrons. The normalized spacial score (nSPS) is 11.8. The molecular weight excluding hydrogens is 765 g/mol. The number of aryl methyl sites for hydroxylation is 1. The quantitative estimate of drug-likeness (QED) is 0.167. The summed E-state index contributed by atoms with van der Waals surface area (Å²) < 4.78 is 6.54. The highest BCUT2D eigenvalue weighted by molar-refractivity contribution is 7.22. The molecule has 0 saturated carbocycles. The minimum atomic E-state index is 0.528. The molecule has 12 aromatic rings. The molecule has 0 atom stereocenters. The second-order valence-electron chi connectivity index (χ2n) is 14.5. The lowest BCUT2D eigenvalue weighted by Crippen LogP contribution is -2.06. The molecule has 0 radical (unpaired) electrons. The lowest BCUT2D eigenvalue weighted by molar-refractivity contribution is 0.953. The number of imidazole rings is 1. The van der Waals surface area contributed by atoms with Crippen LogP contribution >= 0.6 is 22.7 Å². The molecule has 59 heavy (non-hydrogen) atoms. The molecule has 0 spiro atoms. The molecule has 0 aliphatic rings. The Morgan fingerprint density at radius 1 is 0.390 bits per heavy atom. The highest BCUT2D eigenvalue weighted by Gasteiger charge is 2.21. The van der Waals surface area contributed by atoms with Crippen LogP contribution in [0.25, 0.3) is 115 Å². The summed E-state index contributed by atoms with van der Waals surface area (Å²) >= 11 is 3.35. The molecule has 7 aromatic carbocycles. The largest absolute Gasteiger partial charge is 0.327 e. The van der Waals surface area contributed by atoms with Gasteiger partial charge in [0, 0.05) is 45.6 Å². The molecule has 5 aromatic heterocycles. The molecule has 5 heterocycles. The van der Waals surface area contributed by atoms with Gasteiger partial charge in [-0.05, 0) is 72.8 Å². The minimum absolute atomic E-state index is 0.528. The Labute approximate surface area is 345 Å². The van der Waals surface area contributed by atoms with Gasteiger partial charge in [-0.25, -0.2) is 19.9 Å². The van der Waals surface area contributed by atoms with Crippen molar-refractivity contribution < 1.29 is 0 Å². The van der Waals surface area contributed by atoms with Gasteiger partial charge in [0.15, 0.2) is 11.6 Å². The summed E-state index contributed by atoms with van der Waals surface area (Å²) in [6.07, 6.45) is 0. The summed E-state index contributed by atoms with van der Waals surface area (Å²) in [5.41, 5.74) is 10.5. The zero-order chi connectivity index (χ0) is 39.0. The van der Waals surface area contributed by atoms with E-state index in [0.29, 0.717) is 17.6 Å². The smallest absolute Gasteiger partial charge is 0.238 e. The summed E-state index contributed by atoms with van der Waals surface area (Å²) in [7, 11) is 2.06. The molecule has 0 saturated heterocycles. The lowest BCUT2D eigenvalue weighted by atomic mass is 10.1. The third-order valence-electron chi connectivity index (χ3n) is 10.8. The summed E-state index contributed by atoms with van der Waals surface area (Å²) in [6, 6.07) is 56.4. The van der Waals surface area contributed by atoms with E-state index in [0.717, 1.165) is 96.9 Å². The number of hydrogen-bond donors (Lipinski definition) is 0. The highest BCUT2D eigenvalue weighted by Crippen LogP contribution is 2.39. The predicted molar refractivity (Wildman–Crippen MR) is 242 cm³/mol. The number of rotatable bonds is 6. The van der Waals surface area contributed by atoms with Crippen molar-refractivity contribution in [3.63, 3.8) is 0 Å². The van der Waals surface area contributed by atoms with Crippen molar-refractivity contribution in [2.24, 2.45) is 7.05 Å². The van der Waals surface area contributed by atoms with Gasteiger partial charge in [-0.1, -0.05) is 91.0 Å². The van der Waals surface area contributed by atoms with Crippen LogP contribution in [0, 0.1) is 0 Å². The standard InChI is InChI=1S/C49H30N8S2/c1-56-41-24-23-30(28-38(41)50-46(56)29-13-3-2-4-14-29)44-53-45(55-49(54-44)57-39-19-9-5-15-34(39)35-16-6-10-20-40(35)57)31-25-32(47-51-36-17-7-11-21-42(36)58-47)27-33(26-31)48-52-37-18-8-12-22-43(37)59-48/h2-28H,1H3. The number of benzene rings is 7. The molecule has 0 bridgehead atoms. The summed E-state index contributed by atoms with van der Waals surface area (Å²) in [5.74, 6) is 2.52. The minimum Gasteiger partial charge on any atom is -0.327 e. The average Bonchev–Trinajstić information content (AvgIpc) is 4.08. The maximum atomic E-state index is 5.33. The Bertz CT molecular complexity index is 3390. The van der Waals surface area contributed by atoms with Crippen molar-refractivity contribution in [3.8, 4) is 61.3 Å². The van der Waals surface area contributed by atoms with Gasteiger partial charge in [0.25, 0.3) is 0 Å². The number of thiazole rings is 2. The van der Waals surface area contributed by atoms with Gasteiger partial charge in [-0.15, -0.1) is 22.7 Å². The van der Waals surface area contributed by atoms with Crippen molar-refractivity contribution in [3.05, 3.63) is 164 Å². The first-order chi connectivity index (χ1) is 29.1. The maximum Gasteiger partial charge on any atom is 0.238 e. The van der Waals surface area contributed by atoms with Crippen molar-refractivity contribution in [2.75, 3.05) is 0 Å². The molecule has 0 fully saturated rings. The fourth-order valence-corrected chi connectivity index (χ4v) is 9.95. The summed E-state index contributed by atoms with van der Waals surface area (Å²) in [4.78, 5) is 31.2. The van der Waals surface area contributed by atoms with Gasteiger partial charge in [0.1, 0.15) is 15.8 Å². The molecule has 0 amide bonds. The second kappa shape index (κ2) is 13.3. The Morgan fingerprint density at radius 2 is 0.932 bits per heavy atom. The first-order valence-electron chi connectivity index (χ1n) is 19.3. The number of aromatic nitrogens is 8. The van der Waals surface area contributed by atoms with Gasteiger partial charge in [-0.2, -0.15) is 9.97 Å². The van der Waals surface area contributed by atoms with Crippen LogP contribution in [-0.4, -0.2) is 39.0 Å². The van der Waals surface area contributed by atoms with Gasteiger partial charge in [-0.3, -0.25) is 4.57 Å². The van der Waals surface area contributed by atoms with Gasteiger partial charge in [0.2, 0.25) is 5.95 Å². The van der Waals surface area contributed by atoms with Crippen LogP contribution in [0.15, 0.2) is 164 Å². The van der Waals surface area contributed by atoms with Crippen LogP contribution in [-0.2, 0) is 7.05 Å². The second-order valence-corrected chi connectivity index (χ2v) is 16.6. The SMILES string of the molecule is Cn1c(-c2ccccc2)nc2cc(-c3nc(-c4cc(-c5nc6ccccc6s5)cc(-c5nc6ccccc6s5)c4)nc(-n4c5ccccc5c5ccccc54)n3)ccc21. The van der Waals surface area contributed by atoms with Crippen molar-refractivity contribution in [1.82, 2.24) is 39.0 Å². The molecule has 0 aliphatic heterocycles. The third-order valence-corrected chi connectivity index (χ3v) is 13.0. The first kappa shape index (κ1) is 33.7. The number of fused-ring (bicyclic) bond motifs is 6. The fraction of sp³-hybridized carbons (Fsp3) is 0.0204. The average molecular weight is 795 g/mol. The Balaban J connectivity index is 1.11. The van der Waals surface area contributed by atoms with E-state index in [4.69, 9.17) is 29.9 Å². The highest BCUT2D eigenvalue weighted by atomic mass is 32.1. The van der Waals surface area contributed by atoms with Crippen molar-refractivity contribution in [1.29, 1.82) is 0 Å². The molecule has 10 heteroatoms. The van der Waals surface area contributed by atoms with E-state index >= 15 is 0 Å². The van der Waals surface area contributed by atoms with Crippen LogP contribution in [0.2, 0.25) is 0 Å². The maximum absolute atomic E-state index is 5.33. The van der Waals surface area contributed by atoms with Gasteiger partial charge >= 0.3 is 0 Å². The predicted octanol–water partition coefficient (Wildman–Crippen LogP) is 12.4. The zero-order valence-corrected chi connectivity index (χ0v) is 33.1. The summed E-state index contributed by atoms with van der Waals surface area (Å²) in [5, 5.41) is 4.10. The van der Waals surface area contributed by atoms with E-state index in [1.54, 1.807) is 22.7 Å². The van der Waals surface area contributed by atoms with E-state index in [2.05, 4.69) is 150 Å². The molecule has 0 aliphatic carbocycles. The number of nitrogens with zero attached hydrogens (tertiary/aromatic N) is 8. The van der Waals surface area contributed by atoms with E-state index in [-0.39, 0.29) is 0 Å². The van der Waals surface area contributed by atoms with Gasteiger partial charge < -0.3 is 4.57 Å². The molecule has 0 N–H and O–H groups in total. The van der Waals surface area contributed by atoms with E-state index in [1.807, 2.05) is 30.3 Å². The molecule has 12 rings (SSSR count). The summed E-state index contributed by atoms with van der Waals surface area (Å²) in [6.45, 7) is 0. The van der Waals surface area contributed by atoms with Crippen LogP contribution in [0.1, 0.15) is 0 Å². The number of para-hydroxylation sites is 4. The van der Waals surface area contributed by atoms with Gasteiger partial charge in [0.05, 0.1) is 42.5 Å². The van der Waals surface area contributed by atoms with Crippen LogP contribution in [0.4, 0.5) is 0 Å². The Hall–Kier alpha value is -7.40. The third kappa shape index (κ3) is 5.64.